The lowest BCUT2D eigenvalue weighted by molar-refractivity contribution is -0.177. The summed E-state index contributed by atoms with van der Waals surface area (Å²) in [6.45, 7) is 3.95. The Bertz CT molecular complexity index is 540. The molecule has 1 aliphatic rings. The van der Waals surface area contributed by atoms with Crippen molar-refractivity contribution in [3.63, 3.8) is 0 Å². The fraction of sp³-hybridized carbons (Fsp3) is 0.643. The second-order valence-corrected chi connectivity index (χ2v) is 4.96. The fourth-order valence-corrected chi connectivity index (χ4v) is 2.09. The highest BCUT2D eigenvalue weighted by Gasteiger charge is 2.54. The zero-order valence-electron chi connectivity index (χ0n) is 13.6. The van der Waals surface area contributed by atoms with Crippen LogP contribution in [0.25, 0.3) is 0 Å². The second kappa shape index (κ2) is 8.27. The summed E-state index contributed by atoms with van der Waals surface area (Å²) in [4.78, 5) is 56.5. The van der Waals surface area contributed by atoms with Crippen LogP contribution in [-0.4, -0.2) is 60.9 Å². The predicted octanol–water partition coefficient (Wildman–Crippen LogP) is -0.730. The maximum absolute atomic E-state index is 11.9. The van der Waals surface area contributed by atoms with E-state index in [9.17, 15) is 24.0 Å². The van der Waals surface area contributed by atoms with Gasteiger partial charge in [0, 0.05) is 27.7 Å². The van der Waals surface area contributed by atoms with Gasteiger partial charge in [0.05, 0.1) is 0 Å². The molecule has 0 amide bonds. The maximum Gasteiger partial charge on any atom is 0.352 e. The van der Waals surface area contributed by atoms with Crippen molar-refractivity contribution in [1.82, 2.24) is 0 Å². The summed E-state index contributed by atoms with van der Waals surface area (Å²) in [5.41, 5.74) is 0. The summed E-state index contributed by atoms with van der Waals surface area (Å²) in [7, 11) is 0. The van der Waals surface area contributed by atoms with Crippen LogP contribution in [0.5, 0.6) is 0 Å². The third-order valence-corrected chi connectivity index (χ3v) is 2.84. The summed E-state index contributed by atoms with van der Waals surface area (Å²) in [5, 5.41) is 0. The van der Waals surface area contributed by atoms with Gasteiger partial charge in [-0.3, -0.25) is 19.2 Å². The number of hydrogen-bond acceptors (Lipinski definition) is 10. The molecule has 0 saturated carbocycles. The Kier molecular flexibility index (Phi) is 6.69. The van der Waals surface area contributed by atoms with Crippen LogP contribution in [0.3, 0.4) is 0 Å². The number of cyclic esters (lactones) is 1. The van der Waals surface area contributed by atoms with E-state index in [-0.39, 0.29) is 0 Å². The molecule has 0 aliphatic carbocycles. The van der Waals surface area contributed by atoms with Crippen LogP contribution in [0.4, 0.5) is 0 Å². The number of hydrogen-bond donors (Lipinski definition) is 0. The Labute approximate surface area is 137 Å². The van der Waals surface area contributed by atoms with Gasteiger partial charge < -0.3 is 23.7 Å². The summed E-state index contributed by atoms with van der Waals surface area (Å²) >= 11 is 0. The molecule has 1 aliphatic heterocycles. The zero-order chi connectivity index (χ0) is 18.4. The van der Waals surface area contributed by atoms with E-state index in [4.69, 9.17) is 23.7 Å². The van der Waals surface area contributed by atoms with Crippen LogP contribution < -0.4 is 0 Å². The van der Waals surface area contributed by atoms with E-state index in [1.54, 1.807) is 0 Å². The van der Waals surface area contributed by atoms with E-state index in [1.807, 2.05) is 0 Å². The molecule has 0 aromatic rings. The smallest absolute Gasteiger partial charge is 0.352 e. The normalized spacial score (nSPS) is 23.7. The van der Waals surface area contributed by atoms with Gasteiger partial charge >= 0.3 is 29.8 Å². The summed E-state index contributed by atoms with van der Waals surface area (Å²) in [6.07, 6.45) is -5.39. The molecule has 0 bridgehead atoms. The molecule has 10 nitrogen and oxygen atoms in total. The summed E-state index contributed by atoms with van der Waals surface area (Å²) < 4.78 is 24.6. The van der Waals surface area contributed by atoms with E-state index in [0.29, 0.717) is 0 Å². The topological polar surface area (TPSA) is 132 Å². The molecule has 10 heteroatoms. The Morgan fingerprint density at radius 1 is 0.958 bits per heavy atom. The van der Waals surface area contributed by atoms with Gasteiger partial charge in [0.1, 0.15) is 6.61 Å². The van der Waals surface area contributed by atoms with Gasteiger partial charge in [-0.05, 0) is 0 Å². The number of rotatable bonds is 6. The van der Waals surface area contributed by atoms with E-state index in [0.717, 1.165) is 27.7 Å². The number of ether oxygens (including phenoxy) is 5. The molecule has 0 aromatic carbocycles. The average molecular weight is 346 g/mol. The highest BCUT2D eigenvalue weighted by atomic mass is 16.7. The molecule has 1 fully saturated rings. The minimum atomic E-state index is -1.51. The maximum atomic E-state index is 11.9. The molecule has 24 heavy (non-hydrogen) atoms. The highest BCUT2D eigenvalue weighted by Crippen LogP contribution is 2.27. The molecule has 0 spiro atoms. The van der Waals surface area contributed by atoms with Crippen molar-refractivity contribution in [2.75, 3.05) is 6.61 Å². The van der Waals surface area contributed by atoms with Gasteiger partial charge in [-0.25, -0.2) is 4.79 Å². The molecular weight excluding hydrogens is 328 g/mol. The molecule has 1 rings (SSSR count). The van der Waals surface area contributed by atoms with E-state index >= 15 is 0 Å². The van der Waals surface area contributed by atoms with E-state index < -0.39 is 60.9 Å². The largest absolute Gasteiger partial charge is 0.462 e. The lowest BCUT2D eigenvalue weighted by atomic mass is 10.1. The van der Waals surface area contributed by atoms with Gasteiger partial charge in [0.2, 0.25) is 6.10 Å². The van der Waals surface area contributed by atoms with Crippen molar-refractivity contribution >= 4 is 29.8 Å². The molecule has 0 radical (unpaired) electrons. The van der Waals surface area contributed by atoms with Crippen LogP contribution >= 0.6 is 0 Å². The van der Waals surface area contributed by atoms with Crippen LogP contribution in [0.2, 0.25) is 0 Å². The SMILES string of the molecule is CC(=O)OC[C@@H](OC(C)=O)[C@@H]1OC(=O)[C@H](OC(C)=O)[C@@H]1OC(C)=O. The van der Waals surface area contributed by atoms with E-state index in [2.05, 4.69) is 0 Å². The molecule has 134 valence electrons. The standard InChI is InChI=1S/C14H18O10/c1-6(15)20-5-10(21-7(2)16)11-12(22-8(3)17)13(14(19)24-11)23-9(4)18/h10-13H,5H2,1-4H3/t10-,11+,12-,13-/m1/s1. The first-order chi connectivity index (χ1) is 11.1. The Morgan fingerprint density at radius 2 is 1.54 bits per heavy atom. The number of carbonyl (C=O) groups excluding carboxylic acids is 5. The lowest BCUT2D eigenvalue weighted by Crippen LogP contribution is -2.46. The first kappa shape index (κ1) is 19.4. The minimum Gasteiger partial charge on any atom is -0.462 e. The first-order valence-corrected chi connectivity index (χ1v) is 6.97. The molecule has 1 heterocycles. The van der Waals surface area contributed by atoms with Gasteiger partial charge in [-0.1, -0.05) is 0 Å². The minimum absolute atomic E-state index is 0.433. The van der Waals surface area contributed by atoms with Crippen LogP contribution in [0.1, 0.15) is 27.7 Å². The van der Waals surface area contributed by atoms with Crippen molar-refractivity contribution in [3.05, 3.63) is 0 Å². The molecule has 0 unspecified atom stereocenters. The average Bonchev–Trinajstić information content (AvgIpc) is 2.70. The van der Waals surface area contributed by atoms with Gasteiger partial charge in [-0.15, -0.1) is 0 Å². The summed E-state index contributed by atoms with van der Waals surface area (Å²) in [5.74, 6) is -3.92. The second-order valence-electron chi connectivity index (χ2n) is 4.96. The van der Waals surface area contributed by atoms with Crippen LogP contribution in [-0.2, 0) is 47.7 Å². The van der Waals surface area contributed by atoms with Gasteiger partial charge in [0.15, 0.2) is 18.3 Å². The van der Waals surface area contributed by atoms with Crippen molar-refractivity contribution in [2.24, 2.45) is 0 Å². The molecule has 0 aromatic heterocycles. The van der Waals surface area contributed by atoms with E-state index in [1.165, 1.54) is 0 Å². The lowest BCUT2D eigenvalue weighted by Gasteiger charge is -2.26. The monoisotopic (exact) mass is 346 g/mol. The first-order valence-electron chi connectivity index (χ1n) is 6.97. The van der Waals surface area contributed by atoms with Crippen molar-refractivity contribution in [1.29, 1.82) is 0 Å². The van der Waals surface area contributed by atoms with Crippen molar-refractivity contribution in [3.8, 4) is 0 Å². The number of esters is 5. The van der Waals surface area contributed by atoms with Crippen LogP contribution in [0.15, 0.2) is 0 Å². The Morgan fingerprint density at radius 3 is 2.00 bits per heavy atom. The van der Waals surface area contributed by atoms with Crippen molar-refractivity contribution < 1.29 is 47.7 Å². The molecule has 1 saturated heterocycles. The van der Waals surface area contributed by atoms with Gasteiger partial charge in [-0.2, -0.15) is 0 Å². The Hall–Kier alpha value is -2.65. The summed E-state index contributed by atoms with van der Waals surface area (Å²) in [6, 6.07) is 0. The Balaban J connectivity index is 3.05. The molecule has 0 N–H and O–H groups in total. The van der Waals surface area contributed by atoms with Gasteiger partial charge in [0.25, 0.3) is 0 Å². The third kappa shape index (κ3) is 5.52. The highest BCUT2D eigenvalue weighted by molar-refractivity contribution is 5.82. The fourth-order valence-electron chi connectivity index (χ4n) is 2.09. The molecular formula is C14H18O10. The van der Waals surface area contributed by atoms with Crippen LogP contribution in [0, 0.1) is 0 Å². The van der Waals surface area contributed by atoms with Crippen molar-refractivity contribution in [2.45, 2.75) is 52.1 Å². The quantitative estimate of drug-likeness (QED) is 0.448. The zero-order valence-corrected chi connectivity index (χ0v) is 13.6. The molecule has 4 atom stereocenters. The third-order valence-electron chi connectivity index (χ3n) is 2.84. The predicted molar refractivity (Wildman–Crippen MR) is 73.2 cm³/mol. The number of carbonyl (C=O) groups is 5.